The van der Waals surface area contributed by atoms with Crippen LogP contribution in [0.25, 0.3) is 11.1 Å². The zero-order valence-electron chi connectivity index (χ0n) is 15.8. The molecule has 0 radical (unpaired) electrons. The van der Waals surface area contributed by atoms with E-state index < -0.39 is 0 Å². The van der Waals surface area contributed by atoms with Crippen molar-refractivity contribution < 1.29 is 10.2 Å². The van der Waals surface area contributed by atoms with Crippen molar-refractivity contribution in [1.82, 2.24) is 0 Å². The van der Waals surface area contributed by atoms with Crippen LogP contribution >= 0.6 is 0 Å². The van der Waals surface area contributed by atoms with E-state index in [0.29, 0.717) is 0 Å². The minimum Gasteiger partial charge on any atom is -0.507 e. The van der Waals surface area contributed by atoms with Gasteiger partial charge in [-0.15, -0.1) is 0 Å². The Morgan fingerprint density at radius 2 is 1.00 bits per heavy atom. The maximum atomic E-state index is 10.7. The summed E-state index contributed by atoms with van der Waals surface area (Å²) in [5, 5.41) is 21.4. The molecule has 0 fully saturated rings. The van der Waals surface area contributed by atoms with Gasteiger partial charge >= 0.3 is 0 Å². The third-order valence-corrected chi connectivity index (χ3v) is 5.56. The molecule has 0 heterocycles. The predicted octanol–water partition coefficient (Wildman–Crippen LogP) is 6.14. The van der Waals surface area contributed by atoms with Gasteiger partial charge in [-0.2, -0.15) is 0 Å². The molecule has 0 unspecified atom stereocenters. The van der Waals surface area contributed by atoms with Crippen LogP contribution in [0.2, 0.25) is 0 Å². The van der Waals surface area contributed by atoms with E-state index >= 15 is 0 Å². The van der Waals surface area contributed by atoms with E-state index in [1.165, 1.54) is 0 Å². The summed E-state index contributed by atoms with van der Waals surface area (Å²) >= 11 is 0. The molecule has 130 valence electrons. The lowest BCUT2D eigenvalue weighted by molar-refractivity contribution is 0.455. The van der Waals surface area contributed by atoms with Gasteiger partial charge in [-0.05, 0) is 46.9 Å². The van der Waals surface area contributed by atoms with E-state index in [4.69, 9.17) is 0 Å². The second-order valence-corrected chi connectivity index (χ2v) is 7.87. The van der Waals surface area contributed by atoms with Crippen molar-refractivity contribution in [2.24, 2.45) is 0 Å². The van der Waals surface area contributed by atoms with Crippen LogP contribution in [-0.2, 0) is 10.8 Å². The molecule has 2 rings (SSSR count). The van der Waals surface area contributed by atoms with Gasteiger partial charge in [0.2, 0.25) is 0 Å². The molecule has 2 nitrogen and oxygen atoms in total. The van der Waals surface area contributed by atoms with Gasteiger partial charge in [0.05, 0.1) is 0 Å². The Kier molecular flexibility index (Phi) is 4.98. The SMILES string of the molecule is CCC(C)(C)c1cccc(O)c1-c1c(O)cccc1C(C)(C)CC. The summed E-state index contributed by atoms with van der Waals surface area (Å²) in [6.45, 7) is 13.0. The largest absolute Gasteiger partial charge is 0.507 e. The average molecular weight is 326 g/mol. The van der Waals surface area contributed by atoms with Crippen LogP contribution in [0, 0.1) is 0 Å². The zero-order valence-corrected chi connectivity index (χ0v) is 15.8. The predicted molar refractivity (Wildman–Crippen MR) is 102 cm³/mol. The summed E-state index contributed by atoms with van der Waals surface area (Å²) in [6, 6.07) is 11.3. The highest BCUT2D eigenvalue weighted by Gasteiger charge is 2.30. The van der Waals surface area contributed by atoms with Gasteiger partial charge in [0.1, 0.15) is 11.5 Å². The topological polar surface area (TPSA) is 40.5 Å². The van der Waals surface area contributed by atoms with Gasteiger partial charge < -0.3 is 10.2 Å². The highest BCUT2D eigenvalue weighted by atomic mass is 16.3. The molecule has 24 heavy (non-hydrogen) atoms. The summed E-state index contributed by atoms with van der Waals surface area (Å²) in [6.07, 6.45) is 1.90. The van der Waals surface area contributed by atoms with Gasteiger partial charge in [-0.3, -0.25) is 0 Å². The molecule has 0 aliphatic heterocycles. The van der Waals surface area contributed by atoms with Gasteiger partial charge in [0.15, 0.2) is 0 Å². The van der Waals surface area contributed by atoms with Crippen molar-refractivity contribution >= 4 is 0 Å². The van der Waals surface area contributed by atoms with Crippen molar-refractivity contribution in [2.45, 2.75) is 65.2 Å². The van der Waals surface area contributed by atoms with E-state index in [2.05, 4.69) is 53.7 Å². The molecule has 0 saturated carbocycles. The number of phenolic OH excluding ortho intramolecular Hbond substituents is 2. The Morgan fingerprint density at radius 1 is 0.667 bits per heavy atom. The molecule has 0 amide bonds. The van der Waals surface area contributed by atoms with Gasteiger partial charge in [-0.1, -0.05) is 65.8 Å². The molecule has 0 aliphatic rings. The molecule has 0 saturated heterocycles. The average Bonchev–Trinajstić information content (AvgIpc) is 2.54. The Hall–Kier alpha value is -1.96. The summed E-state index contributed by atoms with van der Waals surface area (Å²) < 4.78 is 0. The van der Waals surface area contributed by atoms with Gasteiger partial charge in [0, 0.05) is 11.1 Å². The van der Waals surface area contributed by atoms with Crippen LogP contribution in [0.1, 0.15) is 65.5 Å². The minimum atomic E-state index is -0.0933. The lowest BCUT2D eigenvalue weighted by Crippen LogP contribution is -2.20. The molecule has 0 spiro atoms. The maximum absolute atomic E-state index is 10.7. The molecule has 0 atom stereocenters. The van der Waals surface area contributed by atoms with Crippen molar-refractivity contribution in [3.8, 4) is 22.6 Å². The number of aromatic hydroxyl groups is 2. The molecule has 2 heteroatoms. The first kappa shape index (κ1) is 18.4. The lowest BCUT2D eigenvalue weighted by Gasteiger charge is -2.31. The highest BCUT2D eigenvalue weighted by Crippen LogP contribution is 2.48. The lowest BCUT2D eigenvalue weighted by atomic mass is 9.73. The van der Waals surface area contributed by atoms with E-state index in [0.717, 1.165) is 35.1 Å². The van der Waals surface area contributed by atoms with Gasteiger partial charge in [0.25, 0.3) is 0 Å². The Bertz CT molecular complexity index is 663. The Labute approximate surface area is 146 Å². The molecule has 0 aromatic heterocycles. The molecule has 2 N–H and O–H groups in total. The monoisotopic (exact) mass is 326 g/mol. The molecular weight excluding hydrogens is 296 g/mol. The summed E-state index contributed by atoms with van der Waals surface area (Å²) in [5.74, 6) is 0.451. The van der Waals surface area contributed by atoms with Crippen LogP contribution in [-0.4, -0.2) is 10.2 Å². The summed E-state index contributed by atoms with van der Waals surface area (Å²) in [7, 11) is 0. The number of hydrogen-bond donors (Lipinski definition) is 2. The first-order chi connectivity index (χ1) is 11.2. The Balaban J connectivity index is 2.89. The molecule has 2 aromatic rings. The van der Waals surface area contributed by atoms with Crippen molar-refractivity contribution in [3.05, 3.63) is 47.5 Å². The number of benzene rings is 2. The first-order valence-electron chi connectivity index (χ1n) is 8.81. The quantitative estimate of drug-likeness (QED) is 0.693. The van der Waals surface area contributed by atoms with Crippen LogP contribution < -0.4 is 0 Å². The van der Waals surface area contributed by atoms with Crippen LogP contribution in [0.5, 0.6) is 11.5 Å². The molecule has 0 aliphatic carbocycles. The number of rotatable bonds is 5. The van der Waals surface area contributed by atoms with Crippen molar-refractivity contribution in [3.63, 3.8) is 0 Å². The molecule has 0 bridgehead atoms. The van der Waals surface area contributed by atoms with Crippen LogP contribution in [0.3, 0.4) is 0 Å². The summed E-state index contributed by atoms with van der Waals surface area (Å²) in [4.78, 5) is 0. The van der Waals surface area contributed by atoms with Gasteiger partial charge in [-0.25, -0.2) is 0 Å². The molecular formula is C22H30O2. The standard InChI is InChI=1S/C22H30O2/c1-7-21(3,4)15-11-9-13-17(23)19(15)20-16(22(5,6)8-2)12-10-14-18(20)24/h9-14,23-24H,7-8H2,1-6H3. The third-order valence-electron chi connectivity index (χ3n) is 5.56. The second-order valence-electron chi connectivity index (χ2n) is 7.87. The first-order valence-corrected chi connectivity index (χ1v) is 8.81. The van der Waals surface area contributed by atoms with E-state index in [-0.39, 0.29) is 22.3 Å². The maximum Gasteiger partial charge on any atom is 0.123 e. The second kappa shape index (κ2) is 6.51. The fourth-order valence-corrected chi connectivity index (χ4v) is 3.11. The highest BCUT2D eigenvalue weighted by molar-refractivity contribution is 5.82. The summed E-state index contributed by atoms with van der Waals surface area (Å²) in [5.41, 5.74) is 3.48. The number of phenols is 2. The fourth-order valence-electron chi connectivity index (χ4n) is 3.11. The van der Waals surface area contributed by atoms with Crippen LogP contribution in [0.4, 0.5) is 0 Å². The van der Waals surface area contributed by atoms with E-state index in [1.54, 1.807) is 12.1 Å². The van der Waals surface area contributed by atoms with Crippen molar-refractivity contribution in [2.75, 3.05) is 0 Å². The fraction of sp³-hybridized carbons (Fsp3) is 0.455. The van der Waals surface area contributed by atoms with Crippen molar-refractivity contribution in [1.29, 1.82) is 0 Å². The zero-order chi connectivity index (χ0) is 18.1. The minimum absolute atomic E-state index is 0.0933. The normalized spacial score (nSPS) is 12.4. The molecule has 2 aromatic carbocycles. The number of hydrogen-bond acceptors (Lipinski definition) is 2. The Morgan fingerprint density at radius 3 is 1.29 bits per heavy atom. The van der Waals surface area contributed by atoms with E-state index in [1.807, 2.05) is 12.1 Å². The van der Waals surface area contributed by atoms with Crippen LogP contribution in [0.15, 0.2) is 36.4 Å². The third kappa shape index (κ3) is 3.15. The smallest absolute Gasteiger partial charge is 0.123 e. The van der Waals surface area contributed by atoms with E-state index in [9.17, 15) is 10.2 Å².